The van der Waals surface area contributed by atoms with Crippen molar-refractivity contribution in [2.24, 2.45) is 4.99 Å². The second-order valence-corrected chi connectivity index (χ2v) is 1.43. The van der Waals surface area contributed by atoms with Gasteiger partial charge in [0.1, 0.15) is 5.84 Å². The van der Waals surface area contributed by atoms with Gasteiger partial charge >= 0.3 is 0 Å². The highest BCUT2D eigenvalue weighted by Gasteiger charge is 1.87. The van der Waals surface area contributed by atoms with Gasteiger partial charge in [0.2, 0.25) is 0 Å². The van der Waals surface area contributed by atoms with Gasteiger partial charge in [-0.1, -0.05) is 6.58 Å². The van der Waals surface area contributed by atoms with E-state index in [2.05, 4.69) is 23.5 Å². The Morgan fingerprint density at radius 2 is 2.33 bits per heavy atom. The number of halogens is 1. The first kappa shape index (κ1) is 7.88. The van der Waals surface area contributed by atoms with Crippen molar-refractivity contribution in [3.63, 3.8) is 0 Å². The van der Waals surface area contributed by atoms with E-state index in [1.165, 1.54) is 6.20 Å². The van der Waals surface area contributed by atoms with Crippen molar-refractivity contribution in [3.8, 4) is 0 Å². The molecule has 0 bridgehead atoms. The zero-order chi connectivity index (χ0) is 7.28. The SMILES string of the molecule is C=C/N=C(\C)NC(=C)F. The summed E-state index contributed by atoms with van der Waals surface area (Å²) in [7, 11) is 0. The molecule has 50 valence electrons. The smallest absolute Gasteiger partial charge is 0.185 e. The van der Waals surface area contributed by atoms with Crippen molar-refractivity contribution in [1.29, 1.82) is 0 Å². The molecule has 0 saturated carbocycles. The van der Waals surface area contributed by atoms with Crippen molar-refractivity contribution in [3.05, 3.63) is 25.3 Å². The Labute approximate surface area is 53.8 Å². The van der Waals surface area contributed by atoms with Gasteiger partial charge in [0.05, 0.1) is 0 Å². The van der Waals surface area contributed by atoms with Gasteiger partial charge in [-0.15, -0.1) is 0 Å². The van der Waals surface area contributed by atoms with Gasteiger partial charge in [0, 0.05) is 6.20 Å². The minimum absolute atomic E-state index is 0.442. The first-order valence-electron chi connectivity index (χ1n) is 2.43. The molecule has 2 nitrogen and oxygen atoms in total. The molecule has 0 aromatic heterocycles. The van der Waals surface area contributed by atoms with Crippen LogP contribution in [0.4, 0.5) is 4.39 Å². The van der Waals surface area contributed by atoms with Crippen molar-refractivity contribution in [2.75, 3.05) is 0 Å². The second-order valence-electron chi connectivity index (χ2n) is 1.43. The summed E-state index contributed by atoms with van der Waals surface area (Å²) in [5.41, 5.74) is 0. The molecule has 9 heavy (non-hydrogen) atoms. The second kappa shape index (κ2) is 3.83. The van der Waals surface area contributed by atoms with Crippen LogP contribution in [-0.4, -0.2) is 5.84 Å². The molecule has 1 N–H and O–H groups in total. The van der Waals surface area contributed by atoms with Gasteiger partial charge in [0.25, 0.3) is 0 Å². The molecule has 0 fully saturated rings. The molecule has 0 unspecified atom stereocenters. The molecule has 0 aromatic rings. The lowest BCUT2D eigenvalue weighted by Crippen LogP contribution is -2.15. The molecular weight excluding hydrogens is 119 g/mol. The van der Waals surface area contributed by atoms with Crippen LogP contribution in [0.25, 0.3) is 0 Å². The predicted octanol–water partition coefficient (Wildman–Crippen LogP) is 1.58. The normalized spacial score (nSPS) is 10.7. The van der Waals surface area contributed by atoms with Crippen LogP contribution >= 0.6 is 0 Å². The Bertz CT molecular complexity index is 149. The molecule has 3 heteroatoms. The Morgan fingerprint density at radius 3 is 2.67 bits per heavy atom. The highest BCUT2D eigenvalue weighted by Crippen LogP contribution is 1.83. The summed E-state index contributed by atoms with van der Waals surface area (Å²) in [4.78, 5) is 3.63. The molecule has 0 aromatic carbocycles. The van der Waals surface area contributed by atoms with Gasteiger partial charge < -0.3 is 5.32 Å². The van der Waals surface area contributed by atoms with Crippen LogP contribution in [0.1, 0.15) is 6.92 Å². The fourth-order valence-corrected chi connectivity index (χ4v) is 0.365. The lowest BCUT2D eigenvalue weighted by molar-refractivity contribution is 0.600. The van der Waals surface area contributed by atoms with Gasteiger partial charge in [-0.2, -0.15) is 4.39 Å². The summed E-state index contributed by atoms with van der Waals surface area (Å²) in [5.74, 6) is -0.171. The van der Waals surface area contributed by atoms with Crippen molar-refractivity contribution in [2.45, 2.75) is 6.92 Å². The minimum Gasteiger partial charge on any atom is -0.321 e. The first-order chi connectivity index (χ1) is 4.16. The number of hydrogen-bond donors (Lipinski definition) is 1. The topological polar surface area (TPSA) is 24.4 Å². The summed E-state index contributed by atoms with van der Waals surface area (Å²) in [6.45, 7) is 7.93. The lowest BCUT2D eigenvalue weighted by Gasteiger charge is -1.96. The van der Waals surface area contributed by atoms with Gasteiger partial charge in [0.15, 0.2) is 5.95 Å². The van der Waals surface area contributed by atoms with Crippen LogP contribution in [-0.2, 0) is 0 Å². The molecule has 0 rings (SSSR count). The Kier molecular flexibility index (Phi) is 3.35. The minimum atomic E-state index is -0.613. The van der Waals surface area contributed by atoms with E-state index in [1.54, 1.807) is 6.92 Å². The molecule has 0 radical (unpaired) electrons. The summed E-state index contributed by atoms with van der Waals surface area (Å²) in [5, 5.41) is 2.26. The number of nitrogens with one attached hydrogen (secondary N) is 1. The summed E-state index contributed by atoms with van der Waals surface area (Å²) in [6, 6.07) is 0. The fraction of sp³-hybridized carbons (Fsp3) is 0.167. The first-order valence-corrected chi connectivity index (χ1v) is 2.43. The molecular formula is C6H9FN2. The average molecular weight is 128 g/mol. The highest BCUT2D eigenvalue weighted by atomic mass is 19.1. The van der Waals surface area contributed by atoms with Crippen LogP contribution < -0.4 is 5.32 Å². The summed E-state index contributed by atoms with van der Waals surface area (Å²) in [6.07, 6.45) is 1.32. The predicted molar refractivity (Wildman–Crippen MR) is 36.7 cm³/mol. The molecule has 0 atom stereocenters. The highest BCUT2D eigenvalue weighted by molar-refractivity contribution is 5.81. The Balaban J connectivity index is 3.75. The van der Waals surface area contributed by atoms with E-state index in [0.717, 1.165) is 0 Å². The number of nitrogens with zero attached hydrogens (tertiary/aromatic N) is 1. The standard InChI is InChI=1S/C6H9FN2/c1-4-8-6(3)9-5(2)7/h4H,1-2H2,3H3,(H,8,9). The van der Waals surface area contributed by atoms with Crippen molar-refractivity contribution in [1.82, 2.24) is 5.32 Å². The number of rotatable bonds is 2. The monoisotopic (exact) mass is 128 g/mol. The van der Waals surface area contributed by atoms with E-state index < -0.39 is 5.95 Å². The molecule has 0 aliphatic carbocycles. The fourth-order valence-electron chi connectivity index (χ4n) is 0.365. The van der Waals surface area contributed by atoms with E-state index in [4.69, 9.17) is 0 Å². The zero-order valence-corrected chi connectivity index (χ0v) is 5.32. The maximum Gasteiger partial charge on any atom is 0.185 e. The molecule has 0 saturated heterocycles. The number of aliphatic imine (C=N–C) groups is 1. The molecule has 0 aliphatic rings. The van der Waals surface area contributed by atoms with Gasteiger partial charge in [-0.05, 0) is 13.5 Å². The van der Waals surface area contributed by atoms with E-state index in [9.17, 15) is 4.39 Å². The van der Waals surface area contributed by atoms with E-state index in [-0.39, 0.29) is 0 Å². The van der Waals surface area contributed by atoms with E-state index in [0.29, 0.717) is 5.84 Å². The maximum absolute atomic E-state index is 11.9. The van der Waals surface area contributed by atoms with Crippen LogP contribution in [0.2, 0.25) is 0 Å². The Hall–Kier alpha value is -1.12. The van der Waals surface area contributed by atoms with Crippen molar-refractivity contribution >= 4 is 5.84 Å². The van der Waals surface area contributed by atoms with Crippen LogP contribution in [0.5, 0.6) is 0 Å². The molecule has 0 amide bonds. The third-order valence-electron chi connectivity index (χ3n) is 0.601. The van der Waals surface area contributed by atoms with Crippen LogP contribution in [0.15, 0.2) is 30.3 Å². The quantitative estimate of drug-likeness (QED) is 0.341. The molecule has 0 spiro atoms. The zero-order valence-electron chi connectivity index (χ0n) is 5.32. The van der Waals surface area contributed by atoms with Crippen molar-refractivity contribution < 1.29 is 4.39 Å². The number of amidine groups is 1. The van der Waals surface area contributed by atoms with Gasteiger partial charge in [-0.3, -0.25) is 0 Å². The van der Waals surface area contributed by atoms with E-state index in [1.807, 2.05) is 0 Å². The summed E-state index contributed by atoms with van der Waals surface area (Å²) >= 11 is 0. The average Bonchev–Trinajstić information content (AvgIpc) is 1.63. The van der Waals surface area contributed by atoms with E-state index >= 15 is 0 Å². The molecule has 0 heterocycles. The lowest BCUT2D eigenvalue weighted by atomic mass is 10.6. The van der Waals surface area contributed by atoms with Gasteiger partial charge in [-0.25, -0.2) is 4.99 Å². The largest absolute Gasteiger partial charge is 0.321 e. The molecule has 0 aliphatic heterocycles. The Morgan fingerprint density at radius 1 is 1.78 bits per heavy atom. The van der Waals surface area contributed by atoms with Crippen LogP contribution in [0, 0.1) is 0 Å². The summed E-state index contributed by atoms with van der Waals surface area (Å²) < 4.78 is 11.9. The maximum atomic E-state index is 11.9. The third kappa shape index (κ3) is 4.74. The van der Waals surface area contributed by atoms with Crippen LogP contribution in [0.3, 0.4) is 0 Å². The third-order valence-corrected chi connectivity index (χ3v) is 0.601. The number of hydrogen-bond acceptors (Lipinski definition) is 1.